The number of amides is 1. The Morgan fingerprint density at radius 2 is 1.80 bits per heavy atom. The predicted octanol–water partition coefficient (Wildman–Crippen LogP) is 4.73. The van der Waals surface area contributed by atoms with Crippen molar-refractivity contribution in [3.8, 4) is 11.8 Å². The topological polar surface area (TPSA) is 49.0 Å². The lowest BCUT2D eigenvalue weighted by molar-refractivity contribution is -0.127. The average Bonchev–Trinajstić information content (AvgIpc) is 3.04. The Kier molecular flexibility index (Phi) is 5.24. The minimum Gasteiger partial charge on any atom is -0.333 e. The molecule has 0 spiro atoms. The summed E-state index contributed by atoms with van der Waals surface area (Å²) < 4.78 is 15.3. The molecule has 0 N–H and O–H groups in total. The maximum atomic E-state index is 13.3. The van der Waals surface area contributed by atoms with Gasteiger partial charge in [-0.2, -0.15) is 5.26 Å². The second-order valence-electron chi connectivity index (χ2n) is 7.55. The van der Waals surface area contributed by atoms with Gasteiger partial charge in [-0.25, -0.2) is 4.39 Å². The van der Waals surface area contributed by atoms with E-state index in [0.717, 1.165) is 34.6 Å². The van der Waals surface area contributed by atoms with E-state index in [0.29, 0.717) is 13.1 Å². The van der Waals surface area contributed by atoms with Crippen LogP contribution in [0.5, 0.6) is 0 Å². The van der Waals surface area contributed by atoms with Crippen LogP contribution < -0.4 is 0 Å². The van der Waals surface area contributed by atoms with Gasteiger partial charge in [-0.1, -0.05) is 24.3 Å². The average molecular weight is 399 g/mol. The number of carbonyl (C=O) groups is 1. The van der Waals surface area contributed by atoms with Gasteiger partial charge in [0.2, 0.25) is 0 Å². The lowest BCUT2D eigenvalue weighted by Gasteiger charge is -2.28. The predicted molar refractivity (Wildman–Crippen MR) is 114 cm³/mol. The van der Waals surface area contributed by atoms with Crippen LogP contribution in [0.1, 0.15) is 28.1 Å². The Bertz CT molecular complexity index is 1180. The van der Waals surface area contributed by atoms with E-state index in [9.17, 15) is 14.4 Å². The molecule has 0 saturated heterocycles. The van der Waals surface area contributed by atoms with E-state index >= 15 is 0 Å². The Labute approximate surface area is 175 Å². The van der Waals surface area contributed by atoms with Crippen molar-refractivity contribution in [2.45, 2.75) is 26.8 Å². The number of hydrogen-bond acceptors (Lipinski definition) is 2. The Morgan fingerprint density at radius 1 is 1.10 bits per heavy atom. The standard InChI is InChI=1S/C25H22FN3O/c1-17-13-21(18(2)29(17)24-9-7-23(26)8-10-24)14-22(15-27)25(30)28-12-11-19-5-3-4-6-20(19)16-28/h3-10,13-14H,11-12,16H2,1-2H3. The summed E-state index contributed by atoms with van der Waals surface area (Å²) in [5, 5.41) is 9.68. The zero-order chi connectivity index (χ0) is 21.3. The van der Waals surface area contributed by atoms with Crippen molar-refractivity contribution >= 4 is 12.0 Å². The highest BCUT2D eigenvalue weighted by Gasteiger charge is 2.23. The van der Waals surface area contributed by atoms with Crippen LogP contribution in [-0.4, -0.2) is 21.9 Å². The molecule has 2 heterocycles. The number of nitrogens with zero attached hydrogens (tertiary/aromatic N) is 3. The summed E-state index contributed by atoms with van der Waals surface area (Å²) >= 11 is 0. The lowest BCUT2D eigenvalue weighted by atomic mass is 9.99. The Morgan fingerprint density at radius 3 is 2.50 bits per heavy atom. The first-order valence-corrected chi connectivity index (χ1v) is 9.90. The maximum Gasteiger partial charge on any atom is 0.264 e. The van der Waals surface area contributed by atoms with Gasteiger partial charge in [0, 0.05) is 30.2 Å². The van der Waals surface area contributed by atoms with Gasteiger partial charge in [-0.15, -0.1) is 0 Å². The molecular weight excluding hydrogens is 377 g/mol. The highest BCUT2D eigenvalue weighted by molar-refractivity contribution is 6.02. The van der Waals surface area contributed by atoms with Gasteiger partial charge in [0.25, 0.3) is 5.91 Å². The zero-order valence-corrected chi connectivity index (χ0v) is 17.0. The van der Waals surface area contributed by atoms with E-state index < -0.39 is 0 Å². The molecule has 0 saturated carbocycles. The quantitative estimate of drug-likeness (QED) is 0.472. The van der Waals surface area contributed by atoms with Gasteiger partial charge in [0.15, 0.2) is 0 Å². The molecule has 3 aromatic rings. The second-order valence-corrected chi connectivity index (χ2v) is 7.55. The number of aromatic nitrogens is 1. The van der Waals surface area contributed by atoms with Crippen LogP contribution in [0.15, 0.2) is 60.2 Å². The van der Waals surface area contributed by atoms with Crippen molar-refractivity contribution in [1.82, 2.24) is 9.47 Å². The van der Waals surface area contributed by atoms with Gasteiger partial charge >= 0.3 is 0 Å². The first-order chi connectivity index (χ1) is 14.5. The Hall–Kier alpha value is -3.65. The fourth-order valence-electron chi connectivity index (χ4n) is 4.06. The molecule has 0 atom stereocenters. The molecule has 2 aromatic carbocycles. The number of halogens is 1. The number of fused-ring (bicyclic) bond motifs is 1. The minimum atomic E-state index is -0.290. The highest BCUT2D eigenvalue weighted by atomic mass is 19.1. The van der Waals surface area contributed by atoms with Crippen LogP contribution in [0.2, 0.25) is 0 Å². The SMILES string of the molecule is Cc1cc(C=C(C#N)C(=O)N2CCc3ccccc3C2)c(C)n1-c1ccc(F)cc1. The molecule has 150 valence electrons. The van der Waals surface area contributed by atoms with E-state index in [-0.39, 0.29) is 17.3 Å². The van der Waals surface area contributed by atoms with Crippen molar-refractivity contribution in [3.63, 3.8) is 0 Å². The van der Waals surface area contributed by atoms with E-state index in [1.165, 1.54) is 17.7 Å². The van der Waals surface area contributed by atoms with Gasteiger partial charge in [0.1, 0.15) is 17.5 Å². The van der Waals surface area contributed by atoms with Gasteiger partial charge < -0.3 is 9.47 Å². The van der Waals surface area contributed by atoms with Crippen molar-refractivity contribution < 1.29 is 9.18 Å². The second kappa shape index (κ2) is 8.00. The van der Waals surface area contributed by atoms with Crippen LogP contribution in [-0.2, 0) is 17.8 Å². The van der Waals surface area contributed by atoms with Crippen molar-refractivity contribution in [2.75, 3.05) is 6.54 Å². The summed E-state index contributed by atoms with van der Waals surface area (Å²) in [5.41, 5.74) is 5.98. The molecule has 4 nitrogen and oxygen atoms in total. The van der Waals surface area contributed by atoms with E-state index in [2.05, 4.69) is 12.1 Å². The molecule has 1 aliphatic heterocycles. The third-order valence-electron chi connectivity index (χ3n) is 5.62. The third kappa shape index (κ3) is 3.65. The minimum absolute atomic E-state index is 0.119. The number of rotatable bonds is 3. The van der Waals surface area contributed by atoms with Gasteiger partial charge in [0.05, 0.1) is 0 Å². The number of benzene rings is 2. The molecular formula is C25H22FN3O. The van der Waals surface area contributed by atoms with Crippen molar-refractivity contribution in [2.24, 2.45) is 0 Å². The fourth-order valence-corrected chi connectivity index (χ4v) is 4.06. The molecule has 0 aliphatic carbocycles. The molecule has 1 aromatic heterocycles. The van der Waals surface area contributed by atoms with Crippen LogP contribution in [0, 0.1) is 31.0 Å². The largest absolute Gasteiger partial charge is 0.333 e. The van der Waals surface area contributed by atoms with Crippen LogP contribution in [0.25, 0.3) is 11.8 Å². The van der Waals surface area contributed by atoms with E-state index in [1.54, 1.807) is 23.1 Å². The number of carbonyl (C=O) groups excluding carboxylic acids is 1. The van der Waals surface area contributed by atoms with Gasteiger partial charge in [-0.05, 0) is 73.4 Å². The van der Waals surface area contributed by atoms with Crippen molar-refractivity contribution in [1.29, 1.82) is 5.26 Å². The lowest BCUT2D eigenvalue weighted by Crippen LogP contribution is -2.36. The highest BCUT2D eigenvalue weighted by Crippen LogP contribution is 2.25. The summed E-state index contributed by atoms with van der Waals surface area (Å²) in [6, 6.07) is 18.4. The summed E-state index contributed by atoms with van der Waals surface area (Å²) in [7, 11) is 0. The molecule has 0 fully saturated rings. The monoisotopic (exact) mass is 399 g/mol. The molecule has 0 unspecified atom stereocenters. The summed E-state index contributed by atoms with van der Waals surface area (Å²) in [4.78, 5) is 14.8. The smallest absolute Gasteiger partial charge is 0.264 e. The molecule has 0 bridgehead atoms. The Balaban J connectivity index is 1.63. The van der Waals surface area contributed by atoms with Crippen molar-refractivity contribution in [3.05, 3.63) is 94.1 Å². The third-order valence-corrected chi connectivity index (χ3v) is 5.62. The maximum absolute atomic E-state index is 13.3. The van der Waals surface area contributed by atoms with Crippen LogP contribution in [0.4, 0.5) is 4.39 Å². The number of nitriles is 1. The number of hydrogen-bond donors (Lipinski definition) is 0. The van der Waals surface area contributed by atoms with Crippen LogP contribution in [0.3, 0.4) is 0 Å². The van der Waals surface area contributed by atoms with E-state index in [4.69, 9.17) is 0 Å². The first-order valence-electron chi connectivity index (χ1n) is 9.90. The van der Waals surface area contributed by atoms with Crippen LogP contribution >= 0.6 is 0 Å². The molecule has 30 heavy (non-hydrogen) atoms. The first kappa shape index (κ1) is 19.7. The molecule has 5 heteroatoms. The molecule has 1 aliphatic rings. The number of aryl methyl sites for hydroxylation is 1. The molecule has 0 radical (unpaired) electrons. The summed E-state index contributed by atoms with van der Waals surface area (Å²) in [5.74, 6) is -0.541. The fraction of sp³-hybridized carbons (Fsp3) is 0.200. The van der Waals surface area contributed by atoms with Gasteiger partial charge in [-0.3, -0.25) is 4.79 Å². The molecule has 1 amide bonds. The molecule has 4 rings (SSSR count). The normalized spacial score (nSPS) is 13.7. The zero-order valence-electron chi connectivity index (χ0n) is 17.0. The summed E-state index contributed by atoms with van der Waals surface area (Å²) in [6.07, 6.45) is 2.45. The summed E-state index contributed by atoms with van der Waals surface area (Å²) in [6.45, 7) is 4.99. The van der Waals surface area contributed by atoms with E-state index in [1.807, 2.05) is 42.7 Å².